The second kappa shape index (κ2) is 5.40. The topological polar surface area (TPSA) is 32.3 Å². The molecule has 1 saturated heterocycles. The summed E-state index contributed by atoms with van der Waals surface area (Å²) in [5, 5.41) is 5.99. The molecule has 0 saturated carbocycles. The maximum Gasteiger partial charge on any atom is 0.241 e. The second-order valence-corrected chi connectivity index (χ2v) is 7.28. The molecule has 0 bridgehead atoms. The van der Waals surface area contributed by atoms with Crippen LogP contribution < -0.4 is 5.32 Å². The van der Waals surface area contributed by atoms with E-state index >= 15 is 0 Å². The predicted octanol–water partition coefficient (Wildman–Crippen LogP) is 3.18. The Labute approximate surface area is 132 Å². The molecule has 1 aliphatic heterocycles. The molecule has 3 nitrogen and oxygen atoms in total. The molecule has 2 aromatic carbocycles. The first-order valence-electron chi connectivity index (χ1n) is 7.87. The van der Waals surface area contributed by atoms with E-state index in [0.717, 1.165) is 6.42 Å². The van der Waals surface area contributed by atoms with Crippen LogP contribution in [-0.4, -0.2) is 30.1 Å². The van der Waals surface area contributed by atoms with Crippen LogP contribution in [0.5, 0.6) is 0 Å². The number of nitrogens with zero attached hydrogens (tertiary/aromatic N) is 1. The van der Waals surface area contributed by atoms with Gasteiger partial charge in [0.15, 0.2) is 0 Å². The van der Waals surface area contributed by atoms with Crippen LogP contribution in [0.3, 0.4) is 0 Å². The van der Waals surface area contributed by atoms with Crippen molar-refractivity contribution in [1.82, 2.24) is 10.2 Å². The highest BCUT2D eigenvalue weighted by molar-refractivity contribution is 5.88. The molecule has 116 valence electrons. The zero-order valence-corrected chi connectivity index (χ0v) is 13.8. The molecule has 0 aromatic heterocycles. The largest absolute Gasteiger partial charge is 0.328 e. The Balaban J connectivity index is 1.88. The molecule has 1 amide bonds. The van der Waals surface area contributed by atoms with E-state index in [1.807, 2.05) is 11.9 Å². The standard InChI is InChI=1S/C19H24N2O/c1-19(2,3)18-20-16(17(22)21(18)4)12-14-10-7-9-13-8-5-6-11-15(13)14/h5-11,16,18,20H,12H2,1-4H3. The van der Waals surface area contributed by atoms with Crippen LogP contribution in [0.15, 0.2) is 42.5 Å². The van der Waals surface area contributed by atoms with Gasteiger partial charge in [0, 0.05) is 7.05 Å². The zero-order valence-electron chi connectivity index (χ0n) is 13.8. The molecule has 1 heterocycles. The Morgan fingerprint density at radius 1 is 1.09 bits per heavy atom. The van der Waals surface area contributed by atoms with E-state index in [2.05, 4.69) is 68.6 Å². The van der Waals surface area contributed by atoms with Crippen molar-refractivity contribution in [3.8, 4) is 0 Å². The van der Waals surface area contributed by atoms with Gasteiger partial charge >= 0.3 is 0 Å². The Kier molecular flexibility index (Phi) is 3.69. The molecular weight excluding hydrogens is 272 g/mol. The zero-order chi connectivity index (χ0) is 15.9. The van der Waals surface area contributed by atoms with Crippen LogP contribution in [0.2, 0.25) is 0 Å². The molecule has 3 rings (SSSR count). The normalized spacial score (nSPS) is 22.5. The fourth-order valence-corrected chi connectivity index (χ4v) is 3.41. The molecule has 2 aromatic rings. The molecule has 0 radical (unpaired) electrons. The summed E-state index contributed by atoms with van der Waals surface area (Å²) in [4.78, 5) is 14.4. The van der Waals surface area contributed by atoms with E-state index in [9.17, 15) is 4.79 Å². The van der Waals surface area contributed by atoms with Crippen molar-refractivity contribution < 1.29 is 4.79 Å². The summed E-state index contributed by atoms with van der Waals surface area (Å²) in [5.41, 5.74) is 1.25. The number of amides is 1. The summed E-state index contributed by atoms with van der Waals surface area (Å²) in [5.74, 6) is 0.188. The SMILES string of the molecule is CN1C(=O)C(Cc2cccc3ccccc23)NC1C(C)(C)C. The van der Waals surface area contributed by atoms with Crippen LogP contribution in [0.1, 0.15) is 26.3 Å². The van der Waals surface area contributed by atoms with E-state index in [-0.39, 0.29) is 23.5 Å². The Morgan fingerprint density at radius 3 is 2.45 bits per heavy atom. The average Bonchev–Trinajstić information content (AvgIpc) is 2.76. The molecule has 0 spiro atoms. The van der Waals surface area contributed by atoms with Crippen molar-refractivity contribution in [1.29, 1.82) is 0 Å². The summed E-state index contributed by atoms with van der Waals surface area (Å²) in [6.07, 6.45) is 0.817. The molecule has 1 fully saturated rings. The maximum absolute atomic E-state index is 12.6. The number of hydrogen-bond donors (Lipinski definition) is 1. The van der Waals surface area contributed by atoms with Crippen molar-refractivity contribution in [3.63, 3.8) is 0 Å². The lowest BCUT2D eigenvalue weighted by Gasteiger charge is -2.32. The smallest absolute Gasteiger partial charge is 0.241 e. The van der Waals surface area contributed by atoms with E-state index in [0.29, 0.717) is 0 Å². The minimum absolute atomic E-state index is 0.0257. The number of likely N-dealkylation sites (N-methyl/N-ethyl adjacent to an activating group) is 1. The molecule has 1 aliphatic rings. The predicted molar refractivity (Wildman–Crippen MR) is 90.6 cm³/mol. The first-order chi connectivity index (χ1) is 10.4. The number of hydrogen-bond acceptors (Lipinski definition) is 2. The third-order valence-corrected chi connectivity index (χ3v) is 4.52. The minimum atomic E-state index is -0.139. The highest BCUT2D eigenvalue weighted by Crippen LogP contribution is 2.28. The van der Waals surface area contributed by atoms with E-state index in [1.165, 1.54) is 16.3 Å². The number of carbonyl (C=O) groups is 1. The molecule has 1 N–H and O–H groups in total. The van der Waals surface area contributed by atoms with E-state index < -0.39 is 0 Å². The molecular formula is C19H24N2O. The van der Waals surface area contributed by atoms with E-state index in [1.54, 1.807) is 0 Å². The summed E-state index contributed by atoms with van der Waals surface area (Å²) >= 11 is 0. The average molecular weight is 296 g/mol. The molecule has 2 unspecified atom stereocenters. The summed E-state index contributed by atoms with van der Waals surface area (Å²) < 4.78 is 0. The quantitative estimate of drug-likeness (QED) is 0.923. The highest BCUT2D eigenvalue weighted by atomic mass is 16.2. The van der Waals surface area contributed by atoms with Gasteiger partial charge in [-0.25, -0.2) is 0 Å². The summed E-state index contributed by atoms with van der Waals surface area (Å²) in [6.45, 7) is 6.48. The third kappa shape index (κ3) is 2.61. The van der Waals surface area contributed by atoms with Crippen LogP contribution in [0.4, 0.5) is 0 Å². The van der Waals surface area contributed by atoms with Gasteiger partial charge in [0.25, 0.3) is 0 Å². The number of carbonyl (C=O) groups excluding carboxylic acids is 1. The van der Waals surface area contributed by atoms with Gasteiger partial charge in [-0.3, -0.25) is 10.1 Å². The lowest BCUT2D eigenvalue weighted by atomic mass is 9.92. The summed E-state index contributed by atoms with van der Waals surface area (Å²) in [6, 6.07) is 14.5. The van der Waals surface area contributed by atoms with Crippen molar-refractivity contribution in [2.45, 2.75) is 39.4 Å². The van der Waals surface area contributed by atoms with Gasteiger partial charge in [0.2, 0.25) is 5.91 Å². The number of benzene rings is 2. The lowest BCUT2D eigenvalue weighted by molar-refractivity contribution is -0.129. The Bertz CT molecular complexity index is 697. The molecule has 0 aliphatic carbocycles. The van der Waals surface area contributed by atoms with Gasteiger partial charge < -0.3 is 4.90 Å². The van der Waals surface area contributed by atoms with Crippen molar-refractivity contribution >= 4 is 16.7 Å². The lowest BCUT2D eigenvalue weighted by Crippen LogP contribution is -2.45. The minimum Gasteiger partial charge on any atom is -0.328 e. The van der Waals surface area contributed by atoms with E-state index in [4.69, 9.17) is 0 Å². The van der Waals surface area contributed by atoms with Gasteiger partial charge in [-0.15, -0.1) is 0 Å². The van der Waals surface area contributed by atoms with Gasteiger partial charge in [-0.2, -0.15) is 0 Å². The Morgan fingerprint density at radius 2 is 1.77 bits per heavy atom. The van der Waals surface area contributed by atoms with Gasteiger partial charge in [0.05, 0.1) is 12.2 Å². The number of nitrogens with one attached hydrogen (secondary N) is 1. The van der Waals surface area contributed by atoms with Gasteiger partial charge in [0.1, 0.15) is 0 Å². The van der Waals surface area contributed by atoms with Crippen LogP contribution in [0.25, 0.3) is 10.8 Å². The fraction of sp³-hybridized carbons (Fsp3) is 0.421. The van der Waals surface area contributed by atoms with Crippen molar-refractivity contribution in [3.05, 3.63) is 48.0 Å². The molecule has 2 atom stereocenters. The number of fused-ring (bicyclic) bond motifs is 1. The van der Waals surface area contributed by atoms with Crippen molar-refractivity contribution in [2.75, 3.05) is 7.05 Å². The third-order valence-electron chi connectivity index (χ3n) is 4.52. The first kappa shape index (κ1) is 15.0. The monoisotopic (exact) mass is 296 g/mol. The highest BCUT2D eigenvalue weighted by Gasteiger charge is 2.42. The van der Waals surface area contributed by atoms with Crippen LogP contribution in [-0.2, 0) is 11.2 Å². The maximum atomic E-state index is 12.6. The molecule has 3 heteroatoms. The first-order valence-corrected chi connectivity index (χ1v) is 7.87. The van der Waals surface area contributed by atoms with Crippen LogP contribution >= 0.6 is 0 Å². The van der Waals surface area contributed by atoms with Gasteiger partial charge in [-0.05, 0) is 28.2 Å². The molecule has 22 heavy (non-hydrogen) atoms. The van der Waals surface area contributed by atoms with Gasteiger partial charge in [-0.1, -0.05) is 63.2 Å². The summed E-state index contributed by atoms with van der Waals surface area (Å²) in [7, 11) is 1.90. The Hall–Kier alpha value is -1.87. The van der Waals surface area contributed by atoms with Crippen molar-refractivity contribution in [2.24, 2.45) is 5.41 Å². The number of rotatable bonds is 2. The fourth-order valence-electron chi connectivity index (χ4n) is 3.41. The second-order valence-electron chi connectivity index (χ2n) is 7.28. The van der Waals surface area contributed by atoms with Crippen LogP contribution in [0, 0.1) is 5.41 Å².